The van der Waals surface area contributed by atoms with Crippen LogP contribution in [0.15, 0.2) is 29.8 Å². The second-order valence-corrected chi connectivity index (χ2v) is 11.3. The number of aromatic hydroxyl groups is 1. The van der Waals surface area contributed by atoms with Gasteiger partial charge in [0.25, 0.3) is 0 Å². The predicted octanol–water partition coefficient (Wildman–Crippen LogP) is 4.27. The van der Waals surface area contributed by atoms with Crippen molar-refractivity contribution < 1.29 is 5.11 Å². The van der Waals surface area contributed by atoms with E-state index >= 15 is 0 Å². The topological polar surface area (TPSA) is 111 Å². The van der Waals surface area contributed by atoms with E-state index in [1.807, 2.05) is 12.1 Å². The van der Waals surface area contributed by atoms with Crippen LogP contribution in [0.4, 0.5) is 5.95 Å². The van der Waals surface area contributed by atoms with Gasteiger partial charge < -0.3 is 15.3 Å². The van der Waals surface area contributed by atoms with Crippen LogP contribution in [0, 0.1) is 11.3 Å². The Kier molecular flexibility index (Phi) is 4.87. The van der Waals surface area contributed by atoms with Gasteiger partial charge in [-0.15, -0.1) is 21.5 Å². The van der Waals surface area contributed by atoms with Crippen molar-refractivity contribution in [3.8, 4) is 33.6 Å². The van der Waals surface area contributed by atoms with Gasteiger partial charge in [-0.2, -0.15) is 5.26 Å². The number of nitrogens with one attached hydrogen (secondary N) is 1. The van der Waals surface area contributed by atoms with Crippen molar-refractivity contribution >= 4 is 17.3 Å². The van der Waals surface area contributed by atoms with Crippen LogP contribution in [0.25, 0.3) is 21.8 Å². The van der Waals surface area contributed by atoms with E-state index in [0.29, 0.717) is 40.0 Å². The number of nitrogens with zero attached hydrogens (tertiary/aromatic N) is 6. The molecule has 4 heterocycles. The van der Waals surface area contributed by atoms with Gasteiger partial charge in [-0.1, -0.05) is 6.07 Å². The fourth-order valence-corrected chi connectivity index (χ4v) is 6.59. The summed E-state index contributed by atoms with van der Waals surface area (Å²) in [6.45, 7) is 4.69. The first-order valence-corrected chi connectivity index (χ1v) is 12.7. The number of anilines is 1. The van der Waals surface area contributed by atoms with Gasteiger partial charge in [-0.05, 0) is 64.5 Å². The first kappa shape index (κ1) is 21.4. The van der Waals surface area contributed by atoms with E-state index in [1.54, 1.807) is 23.7 Å². The summed E-state index contributed by atoms with van der Waals surface area (Å²) in [6, 6.07) is 8.25. The number of hydrogen-bond acceptors (Lipinski definition) is 9. The number of nitriles is 1. The van der Waals surface area contributed by atoms with E-state index < -0.39 is 0 Å². The number of piperidine rings is 1. The maximum atomic E-state index is 10.7. The molecule has 2 aliphatic heterocycles. The van der Waals surface area contributed by atoms with E-state index in [1.165, 1.54) is 37.0 Å². The SMILES string of the molecule is C[C@]12CC[C@](C)(CC(N(c3ncc(-c4ccc(-c5nc(C#N)cs5)cc4O)nn3)C3CC3)C1)N2. The molecule has 3 aliphatic rings. The smallest absolute Gasteiger partial charge is 0.245 e. The zero-order valence-electron chi connectivity index (χ0n) is 19.3. The lowest BCUT2D eigenvalue weighted by Gasteiger charge is -2.46. The summed E-state index contributed by atoms with van der Waals surface area (Å²) in [5.41, 5.74) is 2.59. The molecule has 174 valence electrons. The molecule has 2 bridgehead atoms. The minimum atomic E-state index is 0.0879. The molecule has 9 heteroatoms. The fourth-order valence-electron chi connectivity index (χ4n) is 5.85. The van der Waals surface area contributed by atoms with Crippen molar-refractivity contribution in [2.45, 2.75) is 75.5 Å². The zero-order valence-corrected chi connectivity index (χ0v) is 20.1. The highest BCUT2D eigenvalue weighted by molar-refractivity contribution is 7.13. The molecule has 2 N–H and O–H groups in total. The summed E-state index contributed by atoms with van der Waals surface area (Å²) in [6.07, 6.45) is 8.68. The number of rotatable bonds is 5. The Morgan fingerprint density at radius 1 is 1.15 bits per heavy atom. The molecular weight excluding hydrogens is 446 g/mol. The molecule has 2 aromatic heterocycles. The van der Waals surface area contributed by atoms with Gasteiger partial charge in [-0.3, -0.25) is 0 Å². The van der Waals surface area contributed by atoms with Crippen LogP contribution in [0.1, 0.15) is 58.1 Å². The Morgan fingerprint density at radius 2 is 1.91 bits per heavy atom. The standard InChI is InChI=1S/C25H27N7OS/c1-24-7-8-25(2,31-24)11-18(10-24)32(17-4-5-17)23-27-13-20(29-30-23)19-6-3-15(9-21(19)33)22-28-16(12-26)14-34-22/h3,6,9,13-14,17-18,31,33H,4-5,7-8,10-11H2,1-2H3/t18?,24-,25+. The average molecular weight is 474 g/mol. The third-order valence-electron chi connectivity index (χ3n) is 7.46. The maximum Gasteiger partial charge on any atom is 0.245 e. The molecule has 0 amide bonds. The molecule has 1 unspecified atom stereocenters. The van der Waals surface area contributed by atoms with E-state index in [4.69, 9.17) is 10.2 Å². The summed E-state index contributed by atoms with van der Waals surface area (Å²) < 4.78 is 0. The molecule has 6 rings (SSSR count). The molecule has 1 saturated carbocycles. The normalized spacial score (nSPS) is 28.0. The molecule has 34 heavy (non-hydrogen) atoms. The highest BCUT2D eigenvalue weighted by Crippen LogP contribution is 2.46. The van der Waals surface area contributed by atoms with Crippen molar-refractivity contribution in [3.63, 3.8) is 0 Å². The van der Waals surface area contributed by atoms with Crippen LogP contribution in [0.5, 0.6) is 5.75 Å². The lowest BCUT2D eigenvalue weighted by atomic mass is 9.84. The number of phenols is 1. The Morgan fingerprint density at radius 3 is 2.50 bits per heavy atom. The van der Waals surface area contributed by atoms with E-state index in [-0.39, 0.29) is 16.8 Å². The van der Waals surface area contributed by atoms with Crippen molar-refractivity contribution in [1.82, 2.24) is 25.5 Å². The van der Waals surface area contributed by atoms with Crippen LogP contribution >= 0.6 is 11.3 Å². The molecule has 1 aliphatic carbocycles. The zero-order chi connectivity index (χ0) is 23.5. The van der Waals surface area contributed by atoms with Crippen LogP contribution in [-0.4, -0.2) is 48.4 Å². The average Bonchev–Trinajstić information content (AvgIpc) is 3.46. The molecular formula is C25H27N7OS. The third kappa shape index (κ3) is 3.81. The minimum absolute atomic E-state index is 0.0879. The highest BCUT2D eigenvalue weighted by Gasteiger charge is 2.51. The van der Waals surface area contributed by atoms with Gasteiger partial charge in [0.1, 0.15) is 22.5 Å². The van der Waals surface area contributed by atoms with Crippen LogP contribution in [0.3, 0.4) is 0 Å². The van der Waals surface area contributed by atoms with Crippen LogP contribution in [-0.2, 0) is 0 Å². The Hall–Kier alpha value is -3.09. The first-order valence-electron chi connectivity index (χ1n) is 11.8. The highest BCUT2D eigenvalue weighted by atomic mass is 32.1. The third-order valence-corrected chi connectivity index (χ3v) is 8.35. The summed E-state index contributed by atoms with van der Waals surface area (Å²) in [5, 5.41) is 34.9. The van der Waals surface area contributed by atoms with Crippen molar-refractivity contribution in [1.29, 1.82) is 5.26 Å². The van der Waals surface area contributed by atoms with Gasteiger partial charge in [0.05, 0.1) is 6.20 Å². The largest absolute Gasteiger partial charge is 0.507 e. The molecule has 8 nitrogen and oxygen atoms in total. The van der Waals surface area contributed by atoms with E-state index in [0.717, 1.165) is 18.4 Å². The van der Waals surface area contributed by atoms with Crippen LogP contribution < -0.4 is 10.2 Å². The van der Waals surface area contributed by atoms with E-state index in [2.05, 4.69) is 39.2 Å². The van der Waals surface area contributed by atoms with Gasteiger partial charge in [0.2, 0.25) is 5.95 Å². The van der Waals surface area contributed by atoms with Gasteiger partial charge in [0.15, 0.2) is 5.69 Å². The predicted molar refractivity (Wildman–Crippen MR) is 130 cm³/mol. The summed E-state index contributed by atoms with van der Waals surface area (Å²) in [7, 11) is 0. The van der Waals surface area contributed by atoms with Crippen molar-refractivity contribution in [2.75, 3.05) is 4.90 Å². The lowest BCUT2D eigenvalue weighted by Crippen LogP contribution is -2.59. The van der Waals surface area contributed by atoms with Gasteiger partial charge in [0, 0.05) is 39.7 Å². The van der Waals surface area contributed by atoms with Gasteiger partial charge in [-0.25, -0.2) is 9.97 Å². The summed E-state index contributed by atoms with van der Waals surface area (Å²) in [4.78, 5) is 11.4. The second kappa shape index (κ2) is 7.72. The summed E-state index contributed by atoms with van der Waals surface area (Å²) >= 11 is 1.37. The maximum absolute atomic E-state index is 10.7. The quantitative estimate of drug-likeness (QED) is 0.565. The fraction of sp³-hybridized carbons (Fsp3) is 0.480. The molecule has 3 fully saturated rings. The Labute approximate surface area is 202 Å². The van der Waals surface area contributed by atoms with Crippen LogP contribution in [0.2, 0.25) is 0 Å². The number of aromatic nitrogens is 4. The van der Waals surface area contributed by atoms with Gasteiger partial charge >= 0.3 is 0 Å². The summed E-state index contributed by atoms with van der Waals surface area (Å²) in [5.74, 6) is 0.776. The molecule has 3 atom stereocenters. The number of fused-ring (bicyclic) bond motifs is 2. The Bertz CT molecular complexity index is 1260. The van der Waals surface area contributed by atoms with E-state index in [9.17, 15) is 5.11 Å². The number of thiazole rings is 1. The lowest BCUT2D eigenvalue weighted by molar-refractivity contribution is 0.203. The molecule has 1 aromatic carbocycles. The molecule has 3 aromatic rings. The minimum Gasteiger partial charge on any atom is -0.507 e. The number of benzene rings is 1. The van der Waals surface area contributed by atoms with Crippen molar-refractivity contribution in [2.24, 2.45) is 0 Å². The molecule has 0 radical (unpaired) electrons. The second-order valence-electron chi connectivity index (χ2n) is 10.5. The first-order chi connectivity index (χ1) is 16.3. The van der Waals surface area contributed by atoms with Crippen molar-refractivity contribution in [3.05, 3.63) is 35.5 Å². The monoisotopic (exact) mass is 473 g/mol. The molecule has 2 saturated heterocycles. The number of phenolic OH excluding ortho intramolecular Hbond substituents is 1. The molecule has 0 spiro atoms. The Balaban J connectivity index is 1.26. The number of hydrogen-bond donors (Lipinski definition) is 2.